The highest BCUT2D eigenvalue weighted by Crippen LogP contribution is 2.00. The van der Waals surface area contributed by atoms with Crippen LogP contribution in [0.5, 0.6) is 0 Å². The molecule has 0 saturated heterocycles. The minimum absolute atomic E-state index is 0.451. The number of carboxylic acids is 1. The Morgan fingerprint density at radius 3 is 2.85 bits per heavy atom. The highest BCUT2D eigenvalue weighted by Gasteiger charge is 1.91. The number of hydrogen-bond donors (Lipinski definition) is 1. The quantitative estimate of drug-likeness (QED) is 0.680. The molecule has 13 heavy (non-hydrogen) atoms. The molecule has 1 heterocycles. The lowest BCUT2D eigenvalue weighted by molar-refractivity contribution is -0.131. The molecule has 0 bridgehead atoms. The number of pyridine rings is 1. The predicted molar refractivity (Wildman–Crippen MR) is 45.6 cm³/mol. The van der Waals surface area contributed by atoms with Crippen molar-refractivity contribution in [3.8, 4) is 6.07 Å². The molecule has 64 valence electrons. The van der Waals surface area contributed by atoms with E-state index in [-0.39, 0.29) is 0 Å². The van der Waals surface area contributed by atoms with Crippen LogP contribution in [0, 0.1) is 11.3 Å². The summed E-state index contributed by atoms with van der Waals surface area (Å²) in [6.45, 7) is 0. The molecule has 4 nitrogen and oxygen atoms in total. The molecule has 0 amide bonds. The van der Waals surface area contributed by atoms with Crippen LogP contribution in [0.1, 0.15) is 11.3 Å². The minimum Gasteiger partial charge on any atom is -0.478 e. The number of nitrogens with zero attached hydrogens (tertiary/aromatic N) is 2. The van der Waals surface area contributed by atoms with Gasteiger partial charge in [-0.1, -0.05) is 0 Å². The maximum absolute atomic E-state index is 10.1. The number of aliphatic carboxylic acids is 1. The molecule has 0 spiro atoms. The molecule has 1 rings (SSSR count). The van der Waals surface area contributed by atoms with Gasteiger partial charge in [-0.15, -0.1) is 0 Å². The van der Waals surface area contributed by atoms with Crippen LogP contribution >= 0.6 is 0 Å². The third kappa shape index (κ3) is 2.75. The van der Waals surface area contributed by atoms with Gasteiger partial charge < -0.3 is 5.11 Å². The second-order valence-electron chi connectivity index (χ2n) is 2.26. The van der Waals surface area contributed by atoms with Gasteiger partial charge in [0.05, 0.1) is 11.3 Å². The molecule has 0 fully saturated rings. The largest absolute Gasteiger partial charge is 0.478 e. The van der Waals surface area contributed by atoms with Crippen molar-refractivity contribution >= 4 is 12.0 Å². The molecule has 0 aliphatic carbocycles. The van der Waals surface area contributed by atoms with Crippen molar-refractivity contribution in [2.75, 3.05) is 0 Å². The number of hydrogen-bond acceptors (Lipinski definition) is 3. The van der Waals surface area contributed by atoms with E-state index in [0.29, 0.717) is 11.3 Å². The third-order valence-corrected chi connectivity index (χ3v) is 1.31. The molecule has 0 aliphatic rings. The standard InChI is InChI=1S/C9H6N2O2/c10-5-7-1-2-8(11-6-7)3-4-9(12)13/h1-4,6H,(H,12,13)/b4-3+. The maximum Gasteiger partial charge on any atom is 0.328 e. The van der Waals surface area contributed by atoms with E-state index in [1.54, 1.807) is 12.1 Å². The maximum atomic E-state index is 10.1. The van der Waals surface area contributed by atoms with Gasteiger partial charge in [-0.2, -0.15) is 5.26 Å². The second kappa shape index (κ2) is 4.02. The van der Waals surface area contributed by atoms with Crippen molar-refractivity contribution in [1.29, 1.82) is 5.26 Å². The Balaban J connectivity index is 2.82. The normalized spacial score (nSPS) is 9.77. The summed E-state index contributed by atoms with van der Waals surface area (Å²) in [5.74, 6) is -1.02. The van der Waals surface area contributed by atoms with Crippen LogP contribution in [0.2, 0.25) is 0 Å². The zero-order chi connectivity index (χ0) is 9.68. The Hall–Kier alpha value is -2.15. The summed E-state index contributed by atoms with van der Waals surface area (Å²) in [6.07, 6.45) is 3.75. The van der Waals surface area contributed by atoms with Gasteiger partial charge in [0.15, 0.2) is 0 Å². The average molecular weight is 174 g/mol. The average Bonchev–Trinajstić information content (AvgIpc) is 2.15. The zero-order valence-electron chi connectivity index (χ0n) is 6.64. The van der Waals surface area contributed by atoms with E-state index in [1.165, 1.54) is 12.3 Å². The third-order valence-electron chi connectivity index (χ3n) is 1.31. The molecule has 0 radical (unpaired) electrons. The van der Waals surface area contributed by atoms with Crippen LogP contribution in [-0.2, 0) is 4.79 Å². The summed E-state index contributed by atoms with van der Waals surface area (Å²) in [6, 6.07) is 5.08. The smallest absolute Gasteiger partial charge is 0.328 e. The zero-order valence-corrected chi connectivity index (χ0v) is 6.64. The molecular formula is C9H6N2O2. The van der Waals surface area contributed by atoms with Crippen LogP contribution in [0.4, 0.5) is 0 Å². The summed E-state index contributed by atoms with van der Waals surface area (Å²) in [4.78, 5) is 14.0. The van der Waals surface area contributed by atoms with Gasteiger partial charge in [-0.05, 0) is 18.2 Å². The van der Waals surface area contributed by atoms with Crippen molar-refractivity contribution in [3.63, 3.8) is 0 Å². The van der Waals surface area contributed by atoms with Gasteiger partial charge >= 0.3 is 5.97 Å². The first kappa shape index (κ1) is 8.94. The van der Waals surface area contributed by atoms with Crippen molar-refractivity contribution in [1.82, 2.24) is 4.98 Å². The Kier molecular flexibility index (Phi) is 2.77. The molecular weight excluding hydrogens is 168 g/mol. The molecule has 0 unspecified atom stereocenters. The fourth-order valence-electron chi connectivity index (χ4n) is 0.727. The number of nitriles is 1. The predicted octanol–water partition coefficient (Wildman–Crippen LogP) is 1.05. The Morgan fingerprint density at radius 1 is 1.62 bits per heavy atom. The van der Waals surface area contributed by atoms with Crippen LogP contribution < -0.4 is 0 Å². The van der Waals surface area contributed by atoms with Gasteiger partial charge in [-0.25, -0.2) is 4.79 Å². The van der Waals surface area contributed by atoms with Crippen molar-refractivity contribution < 1.29 is 9.90 Å². The van der Waals surface area contributed by atoms with E-state index >= 15 is 0 Å². The van der Waals surface area contributed by atoms with Crippen LogP contribution in [-0.4, -0.2) is 16.1 Å². The van der Waals surface area contributed by atoms with Gasteiger partial charge in [-0.3, -0.25) is 4.98 Å². The van der Waals surface area contributed by atoms with Crippen LogP contribution in [0.25, 0.3) is 6.08 Å². The summed E-state index contributed by atoms with van der Waals surface area (Å²) >= 11 is 0. The van der Waals surface area contributed by atoms with Crippen LogP contribution in [0.3, 0.4) is 0 Å². The molecule has 4 heteroatoms. The SMILES string of the molecule is N#Cc1ccc(/C=C/C(=O)O)nc1. The summed E-state index contributed by atoms with van der Waals surface area (Å²) in [5, 5.41) is 16.8. The molecule has 1 aromatic heterocycles. The monoisotopic (exact) mass is 174 g/mol. The Morgan fingerprint density at radius 2 is 2.38 bits per heavy atom. The number of carbonyl (C=O) groups is 1. The van der Waals surface area contributed by atoms with Crippen molar-refractivity contribution in [2.24, 2.45) is 0 Å². The molecule has 0 aliphatic heterocycles. The Bertz CT molecular complexity index is 374. The number of carboxylic acid groups (broad SMARTS) is 1. The van der Waals surface area contributed by atoms with Gasteiger partial charge in [0.25, 0.3) is 0 Å². The van der Waals surface area contributed by atoms with E-state index in [2.05, 4.69) is 4.98 Å². The van der Waals surface area contributed by atoms with E-state index in [9.17, 15) is 4.79 Å². The van der Waals surface area contributed by atoms with Gasteiger partial charge in [0.2, 0.25) is 0 Å². The van der Waals surface area contributed by atoms with Crippen molar-refractivity contribution in [3.05, 3.63) is 35.7 Å². The number of rotatable bonds is 2. The molecule has 0 atom stereocenters. The van der Waals surface area contributed by atoms with E-state index < -0.39 is 5.97 Å². The summed E-state index contributed by atoms with van der Waals surface area (Å²) in [5.41, 5.74) is 0.967. The lowest BCUT2D eigenvalue weighted by atomic mass is 10.2. The number of aromatic nitrogens is 1. The minimum atomic E-state index is -1.02. The Labute approximate surface area is 74.8 Å². The van der Waals surface area contributed by atoms with E-state index in [1.807, 2.05) is 6.07 Å². The lowest BCUT2D eigenvalue weighted by Crippen LogP contribution is -1.87. The molecule has 1 N–H and O–H groups in total. The fraction of sp³-hybridized carbons (Fsp3) is 0. The molecule has 0 saturated carbocycles. The van der Waals surface area contributed by atoms with Crippen molar-refractivity contribution in [2.45, 2.75) is 0 Å². The summed E-state index contributed by atoms with van der Waals surface area (Å²) < 4.78 is 0. The van der Waals surface area contributed by atoms with E-state index in [4.69, 9.17) is 10.4 Å². The van der Waals surface area contributed by atoms with E-state index in [0.717, 1.165) is 6.08 Å². The van der Waals surface area contributed by atoms with Crippen LogP contribution in [0.15, 0.2) is 24.4 Å². The first-order valence-electron chi connectivity index (χ1n) is 3.49. The molecule has 1 aromatic rings. The topological polar surface area (TPSA) is 74.0 Å². The first-order valence-corrected chi connectivity index (χ1v) is 3.49. The van der Waals surface area contributed by atoms with Gasteiger partial charge in [0, 0.05) is 12.3 Å². The summed E-state index contributed by atoms with van der Waals surface area (Å²) in [7, 11) is 0. The lowest BCUT2D eigenvalue weighted by Gasteiger charge is -1.90. The second-order valence-corrected chi connectivity index (χ2v) is 2.26. The van der Waals surface area contributed by atoms with Gasteiger partial charge in [0.1, 0.15) is 6.07 Å². The highest BCUT2D eigenvalue weighted by molar-refractivity contribution is 5.84. The fourth-order valence-corrected chi connectivity index (χ4v) is 0.727. The molecule has 0 aromatic carbocycles. The highest BCUT2D eigenvalue weighted by atomic mass is 16.4. The first-order chi connectivity index (χ1) is 6.22.